The summed E-state index contributed by atoms with van der Waals surface area (Å²) < 4.78 is 1.58. The van der Waals surface area contributed by atoms with Gasteiger partial charge in [-0.15, -0.1) is 0 Å². The van der Waals surface area contributed by atoms with E-state index in [1.807, 2.05) is 44.3 Å². The van der Waals surface area contributed by atoms with E-state index in [1.54, 1.807) is 16.8 Å². The molecule has 0 unspecified atom stereocenters. The van der Waals surface area contributed by atoms with Gasteiger partial charge in [0.05, 0.1) is 11.6 Å². The maximum atomic E-state index is 11.3. The molecule has 5 heteroatoms. The van der Waals surface area contributed by atoms with Gasteiger partial charge in [0.2, 0.25) is 0 Å². The van der Waals surface area contributed by atoms with E-state index < -0.39 is 0 Å². The Morgan fingerprint density at radius 1 is 1.08 bits per heavy atom. The molecule has 2 heterocycles. The topological polar surface area (TPSA) is 58.7 Å². The van der Waals surface area contributed by atoms with Crippen molar-refractivity contribution >= 4 is 0 Å². The molecule has 0 aromatic carbocycles. The van der Waals surface area contributed by atoms with Crippen molar-refractivity contribution in [2.24, 2.45) is 0 Å². The Kier molecular flexibility index (Phi) is 20.4. The van der Waals surface area contributed by atoms with Crippen molar-refractivity contribution < 1.29 is 32.7 Å². The Balaban J connectivity index is -0.000000156. The van der Waals surface area contributed by atoms with Crippen molar-refractivity contribution in [3.63, 3.8) is 0 Å². The van der Waals surface area contributed by atoms with Gasteiger partial charge in [-0.3, -0.25) is 9.78 Å². The molecule has 2 aromatic heterocycles. The van der Waals surface area contributed by atoms with Crippen LogP contribution in [0.2, 0.25) is 0 Å². The van der Waals surface area contributed by atoms with Crippen LogP contribution >= 0.6 is 0 Å². The normalized spacial score (nSPS) is 8.36. The molecule has 1 radical (unpaired) electrons. The Morgan fingerprint density at radius 2 is 1.68 bits per heavy atom. The van der Waals surface area contributed by atoms with Gasteiger partial charge in [-0.2, -0.15) is 5.26 Å². The standard InChI is InChI=1S/C9H10N2O.C8H11N.3CH4.Y/c1-7(2)11-4-3-8(6-10)5-9(11)12;1-7(2)8-5-3-4-6-9-8;;;;/h3-5,7H,1-2H3;3-7H,1-2H3;3*1H4;. The molecular weight excluding hydrogens is 387 g/mol. The number of hydrogen-bond donors (Lipinski definition) is 0. The molecule has 137 valence electrons. The molecule has 2 aromatic rings. The molecule has 0 aliphatic rings. The third kappa shape index (κ3) is 11.0. The van der Waals surface area contributed by atoms with Gasteiger partial charge in [0.1, 0.15) is 0 Å². The van der Waals surface area contributed by atoms with Crippen LogP contribution in [0.25, 0.3) is 0 Å². The second-order valence-electron chi connectivity index (χ2n) is 5.28. The van der Waals surface area contributed by atoms with Crippen molar-refractivity contribution in [1.82, 2.24) is 9.55 Å². The van der Waals surface area contributed by atoms with Crippen LogP contribution in [0.5, 0.6) is 0 Å². The summed E-state index contributed by atoms with van der Waals surface area (Å²) in [5, 5.41) is 8.49. The van der Waals surface area contributed by atoms with Crippen molar-refractivity contribution in [2.75, 3.05) is 0 Å². The molecule has 0 bridgehead atoms. The predicted molar refractivity (Wildman–Crippen MR) is 104 cm³/mol. The van der Waals surface area contributed by atoms with E-state index in [9.17, 15) is 4.79 Å². The van der Waals surface area contributed by atoms with E-state index in [1.165, 1.54) is 6.07 Å². The maximum Gasteiger partial charge on any atom is 0.252 e. The third-order valence-corrected chi connectivity index (χ3v) is 2.91. The number of rotatable bonds is 2. The zero-order valence-corrected chi connectivity index (χ0v) is 16.4. The summed E-state index contributed by atoms with van der Waals surface area (Å²) in [4.78, 5) is 15.4. The first-order valence-electron chi connectivity index (χ1n) is 6.99. The molecular formula is C20H33N3OY. The number of hydrogen-bond acceptors (Lipinski definition) is 3. The average molecular weight is 420 g/mol. The summed E-state index contributed by atoms with van der Waals surface area (Å²) in [5.74, 6) is 0.547. The molecule has 0 fully saturated rings. The van der Waals surface area contributed by atoms with Gasteiger partial charge in [0.25, 0.3) is 5.56 Å². The van der Waals surface area contributed by atoms with E-state index in [4.69, 9.17) is 5.26 Å². The van der Waals surface area contributed by atoms with Gasteiger partial charge in [0, 0.05) is 62.9 Å². The molecule has 0 amide bonds. The molecule has 0 saturated carbocycles. The largest absolute Gasteiger partial charge is 0.313 e. The zero-order valence-electron chi connectivity index (χ0n) is 13.5. The minimum absolute atomic E-state index is 0. The van der Waals surface area contributed by atoms with E-state index in [0.717, 1.165) is 5.69 Å². The van der Waals surface area contributed by atoms with Crippen molar-refractivity contribution in [3.8, 4) is 6.07 Å². The fourth-order valence-corrected chi connectivity index (χ4v) is 1.70. The molecule has 0 spiro atoms. The first-order chi connectivity index (χ1) is 9.95. The molecule has 25 heavy (non-hydrogen) atoms. The monoisotopic (exact) mass is 420 g/mol. The predicted octanol–water partition coefficient (Wildman–Crippen LogP) is 5.41. The van der Waals surface area contributed by atoms with Crippen LogP contribution in [0.4, 0.5) is 0 Å². The van der Waals surface area contributed by atoms with Crippen LogP contribution < -0.4 is 5.56 Å². The van der Waals surface area contributed by atoms with Gasteiger partial charge in [-0.25, -0.2) is 0 Å². The average Bonchev–Trinajstić information content (AvgIpc) is 2.48. The fraction of sp³-hybridized carbons (Fsp3) is 0.450. The summed E-state index contributed by atoms with van der Waals surface area (Å²) in [6.45, 7) is 8.13. The number of aromatic nitrogens is 2. The van der Waals surface area contributed by atoms with E-state index >= 15 is 0 Å². The summed E-state index contributed by atoms with van der Waals surface area (Å²) in [6.07, 6.45) is 3.47. The first-order valence-corrected chi connectivity index (χ1v) is 6.99. The maximum absolute atomic E-state index is 11.3. The Morgan fingerprint density at radius 3 is 2.00 bits per heavy atom. The molecule has 0 aliphatic carbocycles. The second-order valence-corrected chi connectivity index (χ2v) is 5.28. The van der Waals surface area contributed by atoms with Crippen LogP contribution in [0, 0.1) is 11.3 Å². The zero-order chi connectivity index (χ0) is 15.8. The van der Waals surface area contributed by atoms with E-state index in [0.29, 0.717) is 11.5 Å². The van der Waals surface area contributed by atoms with Crippen LogP contribution in [0.15, 0.2) is 47.5 Å². The van der Waals surface area contributed by atoms with Crippen molar-refractivity contribution in [3.05, 3.63) is 64.3 Å². The number of nitrogens with zero attached hydrogens (tertiary/aromatic N) is 3. The smallest absolute Gasteiger partial charge is 0.252 e. The van der Waals surface area contributed by atoms with Gasteiger partial charge in [0.15, 0.2) is 0 Å². The summed E-state index contributed by atoms with van der Waals surface area (Å²) >= 11 is 0. The van der Waals surface area contributed by atoms with Gasteiger partial charge < -0.3 is 4.57 Å². The summed E-state index contributed by atoms with van der Waals surface area (Å²) in [7, 11) is 0. The Hall–Kier alpha value is -1.31. The van der Waals surface area contributed by atoms with E-state index in [2.05, 4.69) is 18.8 Å². The van der Waals surface area contributed by atoms with Gasteiger partial charge in [-0.05, 0) is 38.0 Å². The molecule has 0 atom stereocenters. The minimum Gasteiger partial charge on any atom is -0.313 e. The Bertz CT molecular complexity index is 659. The van der Waals surface area contributed by atoms with Crippen LogP contribution in [0.1, 0.15) is 73.2 Å². The fourth-order valence-electron chi connectivity index (χ4n) is 1.70. The van der Waals surface area contributed by atoms with Crippen LogP contribution in [-0.4, -0.2) is 9.55 Å². The molecule has 0 N–H and O–H groups in total. The van der Waals surface area contributed by atoms with Crippen molar-refractivity contribution in [1.29, 1.82) is 5.26 Å². The molecule has 0 saturated heterocycles. The number of nitriles is 1. The molecule has 2 rings (SSSR count). The Labute approximate surface area is 179 Å². The summed E-state index contributed by atoms with van der Waals surface area (Å²) in [5.41, 5.74) is 1.46. The van der Waals surface area contributed by atoms with Gasteiger partial charge >= 0.3 is 0 Å². The molecule has 4 nitrogen and oxygen atoms in total. The third-order valence-electron chi connectivity index (χ3n) is 2.91. The second kappa shape index (κ2) is 16.2. The number of pyridine rings is 2. The SMILES string of the molecule is C.C.C.CC(C)c1ccccn1.CC(C)n1ccc(C#N)cc1=O.[Y]. The summed E-state index contributed by atoms with van der Waals surface area (Å²) in [6, 6.07) is 11.1. The molecule has 0 aliphatic heterocycles. The van der Waals surface area contributed by atoms with Crippen LogP contribution in [0.3, 0.4) is 0 Å². The van der Waals surface area contributed by atoms with Crippen molar-refractivity contribution in [2.45, 2.75) is 61.9 Å². The quantitative estimate of drug-likeness (QED) is 0.653. The van der Waals surface area contributed by atoms with Gasteiger partial charge in [-0.1, -0.05) is 42.2 Å². The minimum atomic E-state index is -0.121. The first kappa shape index (κ1) is 31.5. The van der Waals surface area contributed by atoms with Crippen LogP contribution in [-0.2, 0) is 32.7 Å². The van der Waals surface area contributed by atoms with E-state index in [-0.39, 0.29) is 66.6 Å².